The van der Waals surface area contributed by atoms with Crippen LogP contribution < -0.4 is 10.6 Å². The second-order valence-corrected chi connectivity index (χ2v) is 5.56. The fraction of sp³-hybridized carbons (Fsp3) is 0.125. The molecule has 0 amide bonds. The smallest absolute Gasteiger partial charge is 0.224 e. The largest absolute Gasteiger partial charge is 0.365 e. The number of rotatable bonds is 4. The number of fused-ring (bicyclic) bond motifs is 1. The van der Waals surface area contributed by atoms with E-state index in [1.165, 1.54) is 5.56 Å². The first-order valence-corrected chi connectivity index (χ1v) is 7.48. The molecule has 5 heteroatoms. The minimum atomic E-state index is 0.616. The predicted molar refractivity (Wildman–Crippen MR) is 90.6 cm³/mol. The van der Waals surface area contributed by atoms with Gasteiger partial charge in [0, 0.05) is 23.5 Å². The summed E-state index contributed by atoms with van der Waals surface area (Å²) in [5.41, 5.74) is 2.12. The molecule has 1 heterocycles. The molecular formula is C16H15BrN4. The molecule has 0 saturated heterocycles. The number of anilines is 2. The van der Waals surface area contributed by atoms with Crippen molar-refractivity contribution in [3.8, 4) is 0 Å². The monoisotopic (exact) mass is 342 g/mol. The minimum Gasteiger partial charge on any atom is -0.365 e. The number of hydrogen-bond acceptors (Lipinski definition) is 4. The Morgan fingerprint density at radius 1 is 1.05 bits per heavy atom. The molecule has 0 unspecified atom stereocenters. The lowest BCUT2D eigenvalue weighted by Gasteiger charge is -2.10. The van der Waals surface area contributed by atoms with Crippen molar-refractivity contribution >= 4 is 38.6 Å². The van der Waals surface area contributed by atoms with Crippen LogP contribution in [0.25, 0.3) is 10.9 Å². The van der Waals surface area contributed by atoms with Crippen LogP contribution in [0.1, 0.15) is 5.56 Å². The van der Waals surface area contributed by atoms with Crippen LogP contribution in [0.2, 0.25) is 0 Å². The highest BCUT2D eigenvalue weighted by atomic mass is 79.9. The Bertz CT molecular complexity index is 773. The van der Waals surface area contributed by atoms with Gasteiger partial charge >= 0.3 is 0 Å². The Morgan fingerprint density at radius 2 is 1.90 bits per heavy atom. The second kappa shape index (κ2) is 6.10. The van der Waals surface area contributed by atoms with Crippen molar-refractivity contribution in [3.05, 3.63) is 58.6 Å². The van der Waals surface area contributed by atoms with Gasteiger partial charge in [-0.25, -0.2) is 4.98 Å². The molecule has 2 N–H and O–H groups in total. The van der Waals surface area contributed by atoms with Gasteiger partial charge in [-0.05, 0) is 29.8 Å². The molecule has 0 aliphatic heterocycles. The third-order valence-electron chi connectivity index (χ3n) is 3.18. The van der Waals surface area contributed by atoms with Gasteiger partial charge in [-0.2, -0.15) is 4.98 Å². The van der Waals surface area contributed by atoms with Crippen molar-refractivity contribution in [2.24, 2.45) is 0 Å². The maximum Gasteiger partial charge on any atom is 0.224 e. The molecule has 0 atom stereocenters. The summed E-state index contributed by atoms with van der Waals surface area (Å²) in [7, 11) is 1.82. The van der Waals surface area contributed by atoms with E-state index in [0.29, 0.717) is 12.5 Å². The Hall–Kier alpha value is -2.14. The standard InChI is InChI=1S/C16H15BrN4/c1-18-16-20-14-8-3-2-7-13(14)15(21-16)19-10-11-5-4-6-12(17)9-11/h2-9H,10H2,1H3,(H2,18,19,20,21). The zero-order valence-corrected chi connectivity index (χ0v) is 13.2. The van der Waals surface area contributed by atoms with Gasteiger partial charge in [0.2, 0.25) is 5.95 Å². The van der Waals surface area contributed by atoms with Gasteiger partial charge in [-0.1, -0.05) is 40.2 Å². The highest BCUT2D eigenvalue weighted by Crippen LogP contribution is 2.22. The minimum absolute atomic E-state index is 0.616. The summed E-state index contributed by atoms with van der Waals surface area (Å²) in [4.78, 5) is 8.97. The van der Waals surface area contributed by atoms with Crippen molar-refractivity contribution in [3.63, 3.8) is 0 Å². The molecule has 21 heavy (non-hydrogen) atoms. The van der Waals surface area contributed by atoms with Crippen LogP contribution >= 0.6 is 15.9 Å². The molecular weight excluding hydrogens is 328 g/mol. The summed E-state index contributed by atoms with van der Waals surface area (Å²) in [5.74, 6) is 1.45. The average molecular weight is 343 g/mol. The highest BCUT2D eigenvalue weighted by Gasteiger charge is 2.06. The van der Waals surface area contributed by atoms with Gasteiger partial charge in [0.05, 0.1) is 5.52 Å². The van der Waals surface area contributed by atoms with Crippen molar-refractivity contribution in [2.75, 3.05) is 17.7 Å². The molecule has 0 bridgehead atoms. The summed E-state index contributed by atoms with van der Waals surface area (Å²) >= 11 is 3.49. The predicted octanol–water partition coefficient (Wildman–Crippen LogP) is 4.05. The molecule has 0 aliphatic rings. The highest BCUT2D eigenvalue weighted by molar-refractivity contribution is 9.10. The van der Waals surface area contributed by atoms with Crippen LogP contribution in [0.5, 0.6) is 0 Å². The lowest BCUT2D eigenvalue weighted by Crippen LogP contribution is -2.05. The lowest BCUT2D eigenvalue weighted by atomic mass is 10.2. The molecule has 3 rings (SSSR count). The molecule has 0 fully saturated rings. The van der Waals surface area contributed by atoms with E-state index in [4.69, 9.17) is 0 Å². The summed E-state index contributed by atoms with van der Waals surface area (Å²) in [6, 6.07) is 16.2. The Morgan fingerprint density at radius 3 is 2.71 bits per heavy atom. The number of nitrogens with zero attached hydrogens (tertiary/aromatic N) is 2. The van der Waals surface area contributed by atoms with E-state index in [0.717, 1.165) is 21.2 Å². The van der Waals surface area contributed by atoms with Crippen LogP contribution in [0, 0.1) is 0 Å². The fourth-order valence-electron chi connectivity index (χ4n) is 2.16. The summed E-state index contributed by atoms with van der Waals surface area (Å²) in [6.45, 7) is 0.712. The normalized spacial score (nSPS) is 10.6. The topological polar surface area (TPSA) is 49.8 Å². The molecule has 4 nitrogen and oxygen atoms in total. The first-order valence-electron chi connectivity index (χ1n) is 6.69. The van der Waals surface area contributed by atoms with Crippen LogP contribution in [0.4, 0.5) is 11.8 Å². The molecule has 2 aromatic carbocycles. The average Bonchev–Trinajstić information content (AvgIpc) is 2.52. The molecule has 106 valence electrons. The Kier molecular flexibility index (Phi) is 4.01. The molecule has 0 radical (unpaired) electrons. The second-order valence-electron chi connectivity index (χ2n) is 4.65. The van der Waals surface area contributed by atoms with Gasteiger partial charge in [0.25, 0.3) is 0 Å². The first-order chi connectivity index (χ1) is 10.3. The number of para-hydroxylation sites is 1. The third-order valence-corrected chi connectivity index (χ3v) is 3.67. The van der Waals surface area contributed by atoms with Crippen LogP contribution in [-0.4, -0.2) is 17.0 Å². The van der Waals surface area contributed by atoms with Gasteiger partial charge in [0.15, 0.2) is 0 Å². The van der Waals surface area contributed by atoms with E-state index in [9.17, 15) is 0 Å². The number of benzene rings is 2. The first kappa shape index (κ1) is 13.8. The van der Waals surface area contributed by atoms with E-state index in [1.54, 1.807) is 0 Å². The lowest BCUT2D eigenvalue weighted by molar-refractivity contribution is 1.10. The van der Waals surface area contributed by atoms with Crippen molar-refractivity contribution in [1.82, 2.24) is 9.97 Å². The Labute approximate surface area is 131 Å². The zero-order chi connectivity index (χ0) is 14.7. The summed E-state index contributed by atoms with van der Waals surface area (Å²) in [5, 5.41) is 7.41. The number of nitrogens with one attached hydrogen (secondary N) is 2. The van der Waals surface area contributed by atoms with Crippen LogP contribution in [0.15, 0.2) is 53.0 Å². The fourth-order valence-corrected chi connectivity index (χ4v) is 2.60. The maximum atomic E-state index is 4.51. The van der Waals surface area contributed by atoms with Crippen LogP contribution in [-0.2, 0) is 6.54 Å². The van der Waals surface area contributed by atoms with E-state index >= 15 is 0 Å². The van der Waals surface area contributed by atoms with Gasteiger partial charge in [-0.3, -0.25) is 0 Å². The molecule has 0 aliphatic carbocycles. The summed E-state index contributed by atoms with van der Waals surface area (Å²) in [6.07, 6.45) is 0. The van der Waals surface area contributed by atoms with E-state index in [1.807, 2.05) is 43.4 Å². The van der Waals surface area contributed by atoms with Gasteiger partial charge in [0.1, 0.15) is 5.82 Å². The number of halogens is 1. The quantitative estimate of drug-likeness (QED) is 0.751. The number of hydrogen-bond donors (Lipinski definition) is 2. The third kappa shape index (κ3) is 3.13. The Balaban J connectivity index is 1.92. The van der Waals surface area contributed by atoms with E-state index < -0.39 is 0 Å². The molecule has 0 spiro atoms. The molecule has 0 saturated carbocycles. The van der Waals surface area contributed by atoms with Gasteiger partial charge < -0.3 is 10.6 Å². The van der Waals surface area contributed by atoms with Crippen LogP contribution in [0.3, 0.4) is 0 Å². The maximum absolute atomic E-state index is 4.51. The molecule has 3 aromatic rings. The molecule has 1 aromatic heterocycles. The zero-order valence-electron chi connectivity index (χ0n) is 11.6. The van der Waals surface area contributed by atoms with Crippen molar-refractivity contribution in [2.45, 2.75) is 6.54 Å². The van der Waals surface area contributed by atoms with Gasteiger partial charge in [-0.15, -0.1) is 0 Å². The summed E-state index contributed by atoms with van der Waals surface area (Å²) < 4.78 is 1.07. The number of aromatic nitrogens is 2. The van der Waals surface area contributed by atoms with Crippen molar-refractivity contribution in [1.29, 1.82) is 0 Å². The SMILES string of the molecule is CNc1nc(NCc2cccc(Br)c2)c2ccccc2n1. The van der Waals surface area contributed by atoms with E-state index in [-0.39, 0.29) is 0 Å². The van der Waals surface area contributed by atoms with E-state index in [2.05, 4.69) is 48.7 Å². The van der Waals surface area contributed by atoms with Crippen molar-refractivity contribution < 1.29 is 0 Å².